The molecule has 0 saturated carbocycles. The van der Waals surface area contributed by atoms with Gasteiger partial charge in [0.15, 0.2) is 0 Å². The van der Waals surface area contributed by atoms with Crippen molar-refractivity contribution in [2.45, 2.75) is 25.9 Å². The van der Waals surface area contributed by atoms with Gasteiger partial charge < -0.3 is 10.4 Å². The highest BCUT2D eigenvalue weighted by Crippen LogP contribution is 2.13. The average Bonchev–Trinajstić information content (AvgIpc) is 2.18. The zero-order valence-corrected chi connectivity index (χ0v) is 8.50. The molecule has 0 heterocycles. The van der Waals surface area contributed by atoms with E-state index in [-0.39, 0.29) is 24.5 Å². The minimum Gasteiger partial charge on any atom is -0.395 e. The van der Waals surface area contributed by atoms with Crippen molar-refractivity contribution in [1.82, 2.24) is 5.32 Å². The summed E-state index contributed by atoms with van der Waals surface area (Å²) in [4.78, 5) is 0. The van der Waals surface area contributed by atoms with E-state index in [1.54, 1.807) is 12.1 Å². The topological polar surface area (TPSA) is 32.3 Å². The van der Waals surface area contributed by atoms with Crippen molar-refractivity contribution < 1.29 is 9.50 Å². The molecule has 0 aliphatic heterocycles. The summed E-state index contributed by atoms with van der Waals surface area (Å²) in [7, 11) is 0. The number of hydrogen-bond donors (Lipinski definition) is 2. The van der Waals surface area contributed by atoms with Crippen LogP contribution < -0.4 is 5.32 Å². The predicted molar refractivity (Wildman–Crippen MR) is 54.5 cm³/mol. The fourth-order valence-corrected chi connectivity index (χ4v) is 1.33. The number of aliphatic hydroxyl groups excluding tert-OH is 1. The van der Waals surface area contributed by atoms with Gasteiger partial charge in [-0.15, -0.1) is 0 Å². The molecule has 0 aliphatic rings. The first-order chi connectivity index (χ1) is 6.63. The van der Waals surface area contributed by atoms with Gasteiger partial charge in [-0.3, -0.25) is 0 Å². The SMILES string of the molecule is CC(N[C@@H](C)CO)c1ccc(F)cc1. The lowest BCUT2D eigenvalue weighted by Crippen LogP contribution is -2.31. The Morgan fingerprint density at radius 3 is 2.36 bits per heavy atom. The fourth-order valence-electron chi connectivity index (χ4n) is 1.33. The van der Waals surface area contributed by atoms with Crippen molar-refractivity contribution in [3.63, 3.8) is 0 Å². The molecule has 2 nitrogen and oxygen atoms in total. The Bertz CT molecular complexity index is 273. The van der Waals surface area contributed by atoms with Crippen molar-refractivity contribution in [2.75, 3.05) is 6.61 Å². The third-order valence-corrected chi connectivity index (χ3v) is 2.18. The minimum absolute atomic E-state index is 0.0510. The van der Waals surface area contributed by atoms with Crippen LogP contribution >= 0.6 is 0 Å². The highest BCUT2D eigenvalue weighted by Gasteiger charge is 2.07. The second-order valence-corrected chi connectivity index (χ2v) is 3.52. The maximum Gasteiger partial charge on any atom is 0.123 e. The molecule has 1 aromatic carbocycles. The van der Waals surface area contributed by atoms with Crippen LogP contribution in [0.4, 0.5) is 4.39 Å². The van der Waals surface area contributed by atoms with Gasteiger partial charge in [-0.25, -0.2) is 4.39 Å². The molecule has 0 radical (unpaired) electrons. The molecular formula is C11H16FNO. The summed E-state index contributed by atoms with van der Waals surface area (Å²) in [5, 5.41) is 12.0. The van der Waals surface area contributed by atoms with E-state index in [9.17, 15) is 4.39 Å². The summed E-state index contributed by atoms with van der Waals surface area (Å²) < 4.78 is 12.6. The van der Waals surface area contributed by atoms with E-state index in [0.717, 1.165) is 5.56 Å². The Morgan fingerprint density at radius 2 is 1.86 bits per heavy atom. The second-order valence-electron chi connectivity index (χ2n) is 3.52. The lowest BCUT2D eigenvalue weighted by atomic mass is 10.1. The Balaban J connectivity index is 2.60. The Kier molecular flexibility index (Phi) is 4.04. The second kappa shape index (κ2) is 5.08. The maximum absolute atomic E-state index is 12.6. The molecule has 2 N–H and O–H groups in total. The highest BCUT2D eigenvalue weighted by atomic mass is 19.1. The van der Waals surface area contributed by atoms with E-state index < -0.39 is 0 Å². The van der Waals surface area contributed by atoms with Crippen LogP contribution in [0.3, 0.4) is 0 Å². The smallest absolute Gasteiger partial charge is 0.123 e. The van der Waals surface area contributed by atoms with Crippen LogP contribution in [0.15, 0.2) is 24.3 Å². The number of rotatable bonds is 4. The van der Waals surface area contributed by atoms with Crippen LogP contribution in [-0.4, -0.2) is 17.8 Å². The van der Waals surface area contributed by atoms with E-state index in [4.69, 9.17) is 5.11 Å². The molecule has 0 aromatic heterocycles. The van der Waals surface area contributed by atoms with Gasteiger partial charge in [-0.1, -0.05) is 12.1 Å². The molecule has 3 heteroatoms. The number of hydrogen-bond acceptors (Lipinski definition) is 2. The zero-order chi connectivity index (χ0) is 10.6. The van der Waals surface area contributed by atoms with E-state index in [2.05, 4.69) is 5.32 Å². The Hall–Kier alpha value is -0.930. The summed E-state index contributed by atoms with van der Waals surface area (Å²) in [6, 6.07) is 6.55. The van der Waals surface area contributed by atoms with Gasteiger partial charge >= 0.3 is 0 Å². The molecule has 1 rings (SSSR count). The first-order valence-corrected chi connectivity index (χ1v) is 4.76. The van der Waals surface area contributed by atoms with Crippen molar-refractivity contribution in [3.8, 4) is 0 Å². The number of benzene rings is 1. The summed E-state index contributed by atoms with van der Waals surface area (Å²) in [6.07, 6.45) is 0. The zero-order valence-electron chi connectivity index (χ0n) is 8.50. The third kappa shape index (κ3) is 3.09. The maximum atomic E-state index is 12.6. The summed E-state index contributed by atoms with van der Waals surface area (Å²) in [6.45, 7) is 3.99. The Labute approximate surface area is 83.8 Å². The molecule has 2 atom stereocenters. The minimum atomic E-state index is -0.226. The lowest BCUT2D eigenvalue weighted by molar-refractivity contribution is 0.243. The molecule has 0 saturated heterocycles. The summed E-state index contributed by atoms with van der Waals surface area (Å²) in [5.74, 6) is -0.226. The molecule has 0 aliphatic carbocycles. The molecule has 14 heavy (non-hydrogen) atoms. The molecule has 78 valence electrons. The van der Waals surface area contributed by atoms with Gasteiger partial charge in [-0.05, 0) is 31.5 Å². The van der Waals surface area contributed by atoms with Crippen LogP contribution in [0.2, 0.25) is 0 Å². The molecule has 0 amide bonds. The van der Waals surface area contributed by atoms with E-state index in [1.807, 2.05) is 13.8 Å². The quantitative estimate of drug-likeness (QED) is 0.772. The van der Waals surface area contributed by atoms with Crippen LogP contribution in [0.5, 0.6) is 0 Å². The monoisotopic (exact) mass is 197 g/mol. The van der Waals surface area contributed by atoms with E-state index in [1.165, 1.54) is 12.1 Å². The van der Waals surface area contributed by atoms with Gasteiger partial charge in [0.1, 0.15) is 5.82 Å². The molecule has 0 bridgehead atoms. The molecule has 0 spiro atoms. The number of aliphatic hydroxyl groups is 1. The van der Waals surface area contributed by atoms with Gasteiger partial charge in [0, 0.05) is 12.1 Å². The van der Waals surface area contributed by atoms with Crippen molar-refractivity contribution in [3.05, 3.63) is 35.6 Å². The van der Waals surface area contributed by atoms with Crippen LogP contribution in [0.25, 0.3) is 0 Å². The first kappa shape index (κ1) is 11.1. The molecule has 1 unspecified atom stereocenters. The predicted octanol–water partition coefficient (Wildman–Crippen LogP) is 1.86. The molecule has 0 fully saturated rings. The Morgan fingerprint density at radius 1 is 1.29 bits per heavy atom. The fraction of sp³-hybridized carbons (Fsp3) is 0.455. The first-order valence-electron chi connectivity index (χ1n) is 4.76. The standard InChI is InChI=1S/C11H16FNO/c1-8(7-14)13-9(2)10-3-5-11(12)6-4-10/h3-6,8-9,13-14H,7H2,1-2H3/t8-,9?/m0/s1. The number of halogens is 1. The third-order valence-electron chi connectivity index (χ3n) is 2.18. The molecule has 1 aromatic rings. The van der Waals surface area contributed by atoms with Crippen LogP contribution in [0.1, 0.15) is 25.5 Å². The highest BCUT2D eigenvalue weighted by molar-refractivity contribution is 5.19. The normalized spacial score (nSPS) is 15.1. The lowest BCUT2D eigenvalue weighted by Gasteiger charge is -2.18. The molecular weight excluding hydrogens is 181 g/mol. The van der Waals surface area contributed by atoms with Gasteiger partial charge in [-0.2, -0.15) is 0 Å². The van der Waals surface area contributed by atoms with Crippen LogP contribution in [-0.2, 0) is 0 Å². The van der Waals surface area contributed by atoms with Gasteiger partial charge in [0.2, 0.25) is 0 Å². The summed E-state index contributed by atoms with van der Waals surface area (Å²) >= 11 is 0. The van der Waals surface area contributed by atoms with E-state index in [0.29, 0.717) is 0 Å². The van der Waals surface area contributed by atoms with Gasteiger partial charge in [0.25, 0.3) is 0 Å². The van der Waals surface area contributed by atoms with Crippen LogP contribution in [0, 0.1) is 5.82 Å². The van der Waals surface area contributed by atoms with Crippen molar-refractivity contribution in [1.29, 1.82) is 0 Å². The van der Waals surface area contributed by atoms with Crippen molar-refractivity contribution in [2.24, 2.45) is 0 Å². The van der Waals surface area contributed by atoms with E-state index >= 15 is 0 Å². The summed E-state index contributed by atoms with van der Waals surface area (Å²) in [5.41, 5.74) is 1.02. The van der Waals surface area contributed by atoms with Crippen molar-refractivity contribution >= 4 is 0 Å². The average molecular weight is 197 g/mol. The largest absolute Gasteiger partial charge is 0.395 e. The van der Waals surface area contributed by atoms with Gasteiger partial charge in [0.05, 0.1) is 6.61 Å². The number of nitrogens with one attached hydrogen (secondary N) is 1.